The van der Waals surface area contributed by atoms with E-state index in [0.717, 1.165) is 37.2 Å². The monoisotopic (exact) mass is 264 g/mol. The molecule has 0 amide bonds. The maximum absolute atomic E-state index is 9.32. The number of ether oxygens (including phenoxy) is 1. The van der Waals surface area contributed by atoms with Crippen LogP contribution in [0.25, 0.3) is 0 Å². The minimum absolute atomic E-state index is 0.0755. The Morgan fingerprint density at radius 2 is 2.16 bits per heavy atom. The van der Waals surface area contributed by atoms with E-state index in [1.54, 1.807) is 7.11 Å². The van der Waals surface area contributed by atoms with Crippen LogP contribution in [0.1, 0.15) is 24.0 Å². The number of hydrogen-bond donors (Lipinski definition) is 2. The van der Waals surface area contributed by atoms with Crippen LogP contribution >= 0.6 is 0 Å². The average molecular weight is 264 g/mol. The predicted molar refractivity (Wildman–Crippen MR) is 76.0 cm³/mol. The topological polar surface area (TPSA) is 58.7 Å². The number of hydrogen-bond acceptors (Lipinski definition) is 4. The van der Waals surface area contributed by atoms with Crippen LogP contribution in [-0.2, 0) is 13.1 Å². The summed E-state index contributed by atoms with van der Waals surface area (Å²) in [5.74, 6) is 1.54. The molecule has 1 aromatic rings. The van der Waals surface area contributed by atoms with Crippen molar-refractivity contribution >= 4 is 0 Å². The van der Waals surface area contributed by atoms with E-state index in [2.05, 4.69) is 18.0 Å². The van der Waals surface area contributed by atoms with Crippen molar-refractivity contribution in [3.05, 3.63) is 29.3 Å². The van der Waals surface area contributed by atoms with E-state index in [1.807, 2.05) is 12.1 Å². The lowest BCUT2D eigenvalue weighted by molar-refractivity contribution is 0.0273. The van der Waals surface area contributed by atoms with E-state index >= 15 is 0 Å². The van der Waals surface area contributed by atoms with E-state index < -0.39 is 0 Å². The van der Waals surface area contributed by atoms with Crippen molar-refractivity contribution in [3.8, 4) is 5.75 Å². The third kappa shape index (κ3) is 3.69. The Hall–Kier alpha value is -1.10. The van der Waals surface area contributed by atoms with Crippen LogP contribution in [0.3, 0.4) is 0 Å². The molecule has 0 spiro atoms. The first-order chi connectivity index (χ1) is 9.12. The number of nitrogens with zero attached hydrogens (tertiary/aromatic N) is 1. The maximum Gasteiger partial charge on any atom is 0.123 e. The molecule has 3 N–H and O–H groups in total. The standard InChI is InChI=1S/C15H24N2O2/c1-17(9-12-6-14(18)7-12)10-13-5-11(8-16)3-4-15(13)19-2/h3-5,12,14,18H,6-10,16H2,1-2H3. The summed E-state index contributed by atoms with van der Waals surface area (Å²) in [6.07, 6.45) is 1.79. The van der Waals surface area contributed by atoms with E-state index in [4.69, 9.17) is 10.5 Å². The first kappa shape index (κ1) is 14.3. The Bertz CT molecular complexity index is 417. The third-order valence-corrected chi connectivity index (χ3v) is 3.80. The fraction of sp³-hybridized carbons (Fsp3) is 0.600. The molecule has 106 valence electrons. The molecule has 0 atom stereocenters. The van der Waals surface area contributed by atoms with Crippen LogP contribution in [0.5, 0.6) is 5.75 Å². The van der Waals surface area contributed by atoms with Gasteiger partial charge >= 0.3 is 0 Å². The largest absolute Gasteiger partial charge is 0.496 e. The van der Waals surface area contributed by atoms with E-state index in [9.17, 15) is 5.11 Å². The van der Waals surface area contributed by atoms with Gasteiger partial charge in [-0.3, -0.25) is 0 Å². The molecule has 0 aromatic heterocycles. The molecule has 1 saturated carbocycles. The van der Waals surface area contributed by atoms with Gasteiger partial charge in [0, 0.05) is 25.2 Å². The number of aliphatic hydroxyl groups is 1. The first-order valence-corrected chi connectivity index (χ1v) is 6.84. The summed E-state index contributed by atoms with van der Waals surface area (Å²) < 4.78 is 5.40. The molecule has 1 fully saturated rings. The summed E-state index contributed by atoms with van der Waals surface area (Å²) in [5, 5.41) is 9.32. The van der Waals surface area contributed by atoms with Gasteiger partial charge in [0.25, 0.3) is 0 Å². The number of rotatable bonds is 6. The van der Waals surface area contributed by atoms with E-state index in [-0.39, 0.29) is 6.10 Å². The van der Waals surface area contributed by atoms with Gasteiger partial charge < -0.3 is 20.5 Å². The lowest BCUT2D eigenvalue weighted by Crippen LogP contribution is -2.36. The zero-order valence-electron chi connectivity index (χ0n) is 11.8. The van der Waals surface area contributed by atoms with Crippen LogP contribution in [0.2, 0.25) is 0 Å². The second-order valence-corrected chi connectivity index (χ2v) is 5.54. The van der Waals surface area contributed by atoms with Crippen molar-refractivity contribution in [2.24, 2.45) is 11.7 Å². The van der Waals surface area contributed by atoms with E-state index in [0.29, 0.717) is 12.5 Å². The third-order valence-electron chi connectivity index (χ3n) is 3.80. The minimum atomic E-state index is -0.0755. The van der Waals surface area contributed by atoms with E-state index in [1.165, 1.54) is 5.56 Å². The van der Waals surface area contributed by atoms with Crippen LogP contribution in [0.15, 0.2) is 18.2 Å². The SMILES string of the molecule is COc1ccc(CN)cc1CN(C)CC1CC(O)C1. The molecule has 1 aromatic carbocycles. The summed E-state index contributed by atoms with van der Waals surface area (Å²) in [6, 6.07) is 6.11. The molecule has 0 heterocycles. The fourth-order valence-electron chi connectivity index (χ4n) is 2.73. The minimum Gasteiger partial charge on any atom is -0.496 e. The molecule has 1 aliphatic carbocycles. The Balaban J connectivity index is 1.96. The highest BCUT2D eigenvalue weighted by Crippen LogP contribution is 2.28. The maximum atomic E-state index is 9.32. The van der Waals surface area contributed by atoms with Gasteiger partial charge in [0.15, 0.2) is 0 Å². The smallest absolute Gasteiger partial charge is 0.123 e. The Kier molecular flexibility index (Phi) is 4.80. The van der Waals surface area contributed by atoms with Crippen molar-refractivity contribution in [3.63, 3.8) is 0 Å². The van der Waals surface area contributed by atoms with Crippen molar-refractivity contribution in [1.29, 1.82) is 0 Å². The summed E-state index contributed by atoms with van der Waals surface area (Å²) in [7, 11) is 3.81. The molecule has 0 saturated heterocycles. The van der Waals surface area contributed by atoms with Crippen molar-refractivity contribution in [2.45, 2.75) is 32.0 Å². The Labute approximate surface area is 115 Å². The molecule has 2 rings (SSSR count). The van der Waals surface area contributed by atoms with Crippen LogP contribution in [0, 0.1) is 5.92 Å². The summed E-state index contributed by atoms with van der Waals surface area (Å²) in [5.41, 5.74) is 7.99. The molecular formula is C15H24N2O2. The molecule has 4 nitrogen and oxygen atoms in total. The molecule has 0 unspecified atom stereocenters. The van der Waals surface area contributed by atoms with Gasteiger partial charge in [-0.1, -0.05) is 6.07 Å². The number of methoxy groups -OCH3 is 1. The van der Waals surface area contributed by atoms with Crippen LogP contribution in [-0.4, -0.2) is 36.8 Å². The summed E-state index contributed by atoms with van der Waals surface area (Å²) >= 11 is 0. The van der Waals surface area contributed by atoms with Gasteiger partial charge in [0.1, 0.15) is 5.75 Å². The van der Waals surface area contributed by atoms with Crippen LogP contribution in [0.4, 0.5) is 0 Å². The molecule has 19 heavy (non-hydrogen) atoms. The predicted octanol–water partition coefficient (Wildman–Crippen LogP) is 1.36. The zero-order valence-corrected chi connectivity index (χ0v) is 11.8. The molecule has 1 aliphatic rings. The lowest BCUT2D eigenvalue weighted by Gasteiger charge is -2.34. The summed E-state index contributed by atoms with van der Waals surface area (Å²) in [6.45, 7) is 2.42. The molecule has 0 bridgehead atoms. The van der Waals surface area contributed by atoms with Gasteiger partial charge in [0.05, 0.1) is 13.2 Å². The normalized spacial score (nSPS) is 22.4. The molecule has 0 aliphatic heterocycles. The first-order valence-electron chi connectivity index (χ1n) is 6.84. The summed E-state index contributed by atoms with van der Waals surface area (Å²) in [4.78, 5) is 2.29. The fourth-order valence-corrected chi connectivity index (χ4v) is 2.73. The van der Waals surface area contributed by atoms with Crippen LogP contribution < -0.4 is 10.5 Å². The van der Waals surface area contributed by atoms with Gasteiger partial charge in [-0.15, -0.1) is 0 Å². The van der Waals surface area contributed by atoms with Gasteiger partial charge in [0.2, 0.25) is 0 Å². The number of benzene rings is 1. The second-order valence-electron chi connectivity index (χ2n) is 5.54. The molecular weight excluding hydrogens is 240 g/mol. The van der Waals surface area contributed by atoms with Gasteiger partial charge in [-0.05, 0) is 43.5 Å². The average Bonchev–Trinajstić information content (AvgIpc) is 2.36. The van der Waals surface area contributed by atoms with Gasteiger partial charge in [-0.2, -0.15) is 0 Å². The highest BCUT2D eigenvalue weighted by atomic mass is 16.5. The zero-order chi connectivity index (χ0) is 13.8. The lowest BCUT2D eigenvalue weighted by atomic mass is 9.82. The van der Waals surface area contributed by atoms with Crippen molar-refractivity contribution in [2.75, 3.05) is 20.7 Å². The van der Waals surface area contributed by atoms with Gasteiger partial charge in [-0.25, -0.2) is 0 Å². The second kappa shape index (κ2) is 6.37. The quantitative estimate of drug-likeness (QED) is 0.814. The number of aliphatic hydroxyl groups excluding tert-OH is 1. The Morgan fingerprint density at radius 3 is 2.74 bits per heavy atom. The molecule has 0 radical (unpaired) electrons. The Morgan fingerprint density at radius 1 is 1.42 bits per heavy atom. The number of nitrogens with two attached hydrogens (primary N) is 1. The highest BCUT2D eigenvalue weighted by molar-refractivity contribution is 5.37. The molecule has 4 heteroatoms. The van der Waals surface area contributed by atoms with Crippen molar-refractivity contribution in [1.82, 2.24) is 4.90 Å². The van der Waals surface area contributed by atoms with Crippen molar-refractivity contribution < 1.29 is 9.84 Å². The highest BCUT2D eigenvalue weighted by Gasteiger charge is 2.27.